The van der Waals surface area contributed by atoms with Crippen LogP contribution in [0.1, 0.15) is 69.0 Å². The third kappa shape index (κ3) is 9.89. The van der Waals surface area contributed by atoms with Crippen molar-refractivity contribution in [2.24, 2.45) is 11.8 Å². The fraction of sp³-hybridized carbons (Fsp3) is 0.510. The summed E-state index contributed by atoms with van der Waals surface area (Å²) in [6.45, 7) is 16.3. The van der Waals surface area contributed by atoms with Crippen molar-refractivity contribution in [1.82, 2.24) is 40.4 Å². The number of carbonyl (C=O) groups is 2. The highest BCUT2D eigenvalue weighted by Crippen LogP contribution is 2.37. The van der Waals surface area contributed by atoms with E-state index in [0.29, 0.717) is 54.4 Å². The number of piperidine rings is 1. The van der Waals surface area contributed by atoms with Crippen molar-refractivity contribution in [3.8, 4) is 33.3 Å². The van der Waals surface area contributed by atoms with Gasteiger partial charge in [-0.1, -0.05) is 50.2 Å². The Morgan fingerprint density at radius 2 is 1.80 bits per heavy atom. The van der Waals surface area contributed by atoms with Crippen molar-refractivity contribution in [1.29, 1.82) is 0 Å². The average Bonchev–Trinajstić information content (AvgIpc) is 4.10. The van der Waals surface area contributed by atoms with Crippen LogP contribution in [0.3, 0.4) is 0 Å². The summed E-state index contributed by atoms with van der Waals surface area (Å²) >= 11 is 1.61. The second-order valence-corrected chi connectivity index (χ2v) is 19.5. The Labute approximate surface area is 390 Å². The molecule has 17 heteroatoms. The van der Waals surface area contributed by atoms with Gasteiger partial charge in [0.25, 0.3) is 5.88 Å². The Hall–Kier alpha value is -5.62. The van der Waals surface area contributed by atoms with Crippen molar-refractivity contribution in [3.05, 3.63) is 83.2 Å². The first-order valence-electron chi connectivity index (χ1n) is 23.4. The van der Waals surface area contributed by atoms with E-state index in [1.165, 1.54) is 0 Å². The largest absolute Gasteiger partial charge is 0.507 e. The summed E-state index contributed by atoms with van der Waals surface area (Å²) in [7, 11) is 1.62. The Morgan fingerprint density at radius 1 is 1.00 bits per heavy atom. The van der Waals surface area contributed by atoms with Crippen LogP contribution >= 0.6 is 11.3 Å². The SMILES string of the molecule is COC1CC(C(=O)NC(C)c2ccc(-c3scnc3C)cc2)N(C(=O)C(c2cc(OCCN3CCC(CN4CCN5c6cc(-c7ccccc7O)nnc6NCC5C4)CC3)no2)C(C)C)C1. The van der Waals surface area contributed by atoms with Crippen LogP contribution in [0.4, 0.5) is 11.5 Å². The van der Waals surface area contributed by atoms with E-state index >= 15 is 0 Å². The number of aromatic nitrogens is 4. The van der Waals surface area contributed by atoms with Crippen LogP contribution in [-0.2, 0) is 14.3 Å². The van der Waals surface area contributed by atoms with Gasteiger partial charge >= 0.3 is 0 Å². The second kappa shape index (κ2) is 20.1. The molecule has 3 fully saturated rings. The fourth-order valence-electron chi connectivity index (χ4n) is 10.1. The lowest BCUT2D eigenvalue weighted by Gasteiger charge is -2.47. The smallest absolute Gasteiger partial charge is 0.254 e. The molecule has 350 valence electrons. The Bertz CT molecular complexity index is 2450. The van der Waals surface area contributed by atoms with E-state index in [9.17, 15) is 14.7 Å². The molecule has 5 atom stereocenters. The third-order valence-corrected chi connectivity index (χ3v) is 14.9. The van der Waals surface area contributed by atoms with Gasteiger partial charge in [-0.25, -0.2) is 4.98 Å². The molecule has 5 unspecified atom stereocenters. The molecule has 0 radical (unpaired) electrons. The first-order valence-corrected chi connectivity index (χ1v) is 24.3. The van der Waals surface area contributed by atoms with Gasteiger partial charge in [-0.3, -0.25) is 19.4 Å². The summed E-state index contributed by atoms with van der Waals surface area (Å²) in [5, 5.41) is 30.2. The molecule has 0 spiro atoms. The standard InChI is InChI=1S/C49H62N10O6S/c1-30(2)45(49(62)59-28-37(63-5)22-41(59)48(61)52-31(3)34-10-12-35(13-11-34)46-32(4)51-29-66-46)43-24-44(55-65-43)64-21-20-56-16-14-33(15-17-56)26-57-18-19-58-36(27-57)25-50-47-40(58)23-39(53-54-47)38-8-6-7-9-42(38)60/h6-13,23-24,29-31,33,36-37,41,45,60H,14-22,25-28H2,1-5H3,(H,50,54)(H,52,61). The summed E-state index contributed by atoms with van der Waals surface area (Å²) in [6.07, 6.45) is 2.41. The predicted molar refractivity (Wildman–Crippen MR) is 254 cm³/mol. The molecule has 2 amide bonds. The predicted octanol–water partition coefficient (Wildman–Crippen LogP) is 6.21. The summed E-state index contributed by atoms with van der Waals surface area (Å²) in [5.41, 5.74) is 7.32. The van der Waals surface area contributed by atoms with Gasteiger partial charge in [0.2, 0.25) is 11.8 Å². The highest BCUT2D eigenvalue weighted by molar-refractivity contribution is 7.13. The number of thiazole rings is 1. The summed E-state index contributed by atoms with van der Waals surface area (Å²) in [5.74, 6) is 1.25. The summed E-state index contributed by atoms with van der Waals surface area (Å²) in [4.78, 5) is 42.9. The van der Waals surface area contributed by atoms with E-state index in [2.05, 4.69) is 63.9 Å². The Morgan fingerprint density at radius 3 is 2.55 bits per heavy atom. The van der Waals surface area contributed by atoms with Gasteiger partial charge < -0.3 is 39.5 Å². The van der Waals surface area contributed by atoms with Crippen molar-refractivity contribution in [2.75, 3.05) is 82.8 Å². The molecule has 5 aromatic rings. The zero-order valence-electron chi connectivity index (χ0n) is 38.6. The van der Waals surface area contributed by atoms with Crippen LogP contribution in [0.25, 0.3) is 21.7 Å². The Kier molecular flexibility index (Phi) is 13.9. The fourth-order valence-corrected chi connectivity index (χ4v) is 10.9. The van der Waals surface area contributed by atoms with Gasteiger partial charge in [-0.05, 0) is 86.1 Å². The lowest BCUT2D eigenvalue weighted by molar-refractivity contribution is -0.141. The molecule has 4 aliphatic heterocycles. The topological polar surface area (TPSA) is 175 Å². The number of nitrogens with one attached hydrogen (secondary N) is 2. The number of hydrogen-bond donors (Lipinski definition) is 3. The molecule has 3 aromatic heterocycles. The highest BCUT2D eigenvalue weighted by Gasteiger charge is 2.44. The third-order valence-electron chi connectivity index (χ3n) is 13.9. The molecule has 16 nitrogen and oxygen atoms in total. The number of anilines is 2. The number of carbonyl (C=O) groups excluding carboxylic acids is 2. The number of rotatable bonds is 15. The minimum atomic E-state index is -0.687. The van der Waals surface area contributed by atoms with Crippen LogP contribution in [-0.4, -0.2) is 143 Å². The molecule has 3 saturated heterocycles. The number of para-hydroxylation sites is 1. The highest BCUT2D eigenvalue weighted by atomic mass is 32.1. The van der Waals surface area contributed by atoms with Gasteiger partial charge in [0, 0.05) is 71.0 Å². The molecule has 4 aliphatic rings. The number of hydrogen-bond acceptors (Lipinski definition) is 15. The molecule has 9 rings (SSSR count). The minimum absolute atomic E-state index is 0.122. The number of benzene rings is 2. The molecular formula is C49H62N10O6S. The average molecular weight is 919 g/mol. The van der Waals surface area contributed by atoms with Crippen molar-refractivity contribution in [2.45, 2.75) is 77.1 Å². The van der Waals surface area contributed by atoms with E-state index in [-0.39, 0.29) is 35.6 Å². The van der Waals surface area contributed by atoms with Crippen LogP contribution in [0, 0.1) is 18.8 Å². The normalized spacial score (nSPS) is 21.3. The molecule has 0 saturated carbocycles. The number of amides is 2. The number of methoxy groups -OCH3 is 1. The number of phenolic OH excluding ortho intramolecular Hbond substituents is 1. The maximum atomic E-state index is 14.4. The van der Waals surface area contributed by atoms with Gasteiger partial charge in [0.15, 0.2) is 11.6 Å². The number of ether oxygens (including phenoxy) is 2. The van der Waals surface area contributed by atoms with Crippen LogP contribution in [0.2, 0.25) is 0 Å². The zero-order valence-corrected chi connectivity index (χ0v) is 39.4. The molecule has 2 aromatic carbocycles. The molecule has 0 bridgehead atoms. The van der Waals surface area contributed by atoms with E-state index < -0.39 is 12.0 Å². The lowest BCUT2D eigenvalue weighted by Crippen LogP contribution is -2.58. The van der Waals surface area contributed by atoms with Crippen LogP contribution < -0.4 is 20.3 Å². The minimum Gasteiger partial charge on any atom is -0.507 e. The number of piperazine rings is 1. The zero-order chi connectivity index (χ0) is 45.9. The molecule has 3 N–H and O–H groups in total. The van der Waals surface area contributed by atoms with Crippen molar-refractivity contribution < 1.29 is 28.7 Å². The van der Waals surface area contributed by atoms with Gasteiger partial charge in [-0.2, -0.15) is 0 Å². The number of fused-ring (bicyclic) bond motifs is 3. The number of aryl methyl sites for hydroxylation is 1. The van der Waals surface area contributed by atoms with Crippen molar-refractivity contribution in [3.63, 3.8) is 0 Å². The van der Waals surface area contributed by atoms with Gasteiger partial charge in [0.1, 0.15) is 24.3 Å². The van der Waals surface area contributed by atoms with E-state index in [0.717, 1.165) is 98.4 Å². The maximum absolute atomic E-state index is 14.4. The van der Waals surface area contributed by atoms with E-state index in [4.69, 9.17) is 14.0 Å². The quantitative estimate of drug-likeness (QED) is 0.108. The number of nitrogens with zero attached hydrogens (tertiary/aromatic N) is 8. The number of likely N-dealkylation sites (tertiary alicyclic amines) is 2. The summed E-state index contributed by atoms with van der Waals surface area (Å²) in [6, 6.07) is 18.6. The number of phenols is 1. The van der Waals surface area contributed by atoms with Gasteiger partial charge in [0.05, 0.1) is 45.7 Å². The molecular weight excluding hydrogens is 857 g/mol. The van der Waals surface area contributed by atoms with Crippen LogP contribution in [0.15, 0.2) is 70.7 Å². The lowest BCUT2D eigenvalue weighted by atomic mass is 9.91. The first kappa shape index (κ1) is 45.5. The van der Waals surface area contributed by atoms with Crippen molar-refractivity contribution >= 4 is 34.7 Å². The maximum Gasteiger partial charge on any atom is 0.254 e. The monoisotopic (exact) mass is 918 g/mol. The van der Waals surface area contributed by atoms with Gasteiger partial charge in [-0.15, -0.1) is 21.5 Å². The van der Waals surface area contributed by atoms with E-state index in [1.54, 1.807) is 35.5 Å². The molecule has 0 aliphatic carbocycles. The Balaban J connectivity index is 0.732. The molecule has 66 heavy (non-hydrogen) atoms. The van der Waals surface area contributed by atoms with Crippen LogP contribution in [0.5, 0.6) is 11.6 Å². The molecule has 7 heterocycles. The number of aromatic hydroxyl groups is 1. The first-order chi connectivity index (χ1) is 32.0. The summed E-state index contributed by atoms with van der Waals surface area (Å²) < 4.78 is 17.6. The second-order valence-electron chi connectivity index (χ2n) is 18.6. The van der Waals surface area contributed by atoms with E-state index in [1.807, 2.05) is 63.5 Å².